The second kappa shape index (κ2) is 8.71. The molecule has 3 heterocycles. The molecule has 32 heavy (non-hydrogen) atoms. The molecular weight excluding hydrogens is 447 g/mol. The van der Waals surface area contributed by atoms with Gasteiger partial charge in [0.15, 0.2) is 16.8 Å². The monoisotopic (exact) mass is 468 g/mol. The third-order valence-corrected chi connectivity index (χ3v) is 7.06. The summed E-state index contributed by atoms with van der Waals surface area (Å²) in [5, 5.41) is 0.830. The molecule has 0 saturated carbocycles. The van der Waals surface area contributed by atoms with Crippen LogP contribution in [-0.2, 0) is 16.4 Å². The number of nitrogens with zero attached hydrogens (tertiary/aromatic N) is 4. The molecule has 7 nitrogen and oxygen atoms in total. The van der Waals surface area contributed by atoms with Gasteiger partial charge in [0.2, 0.25) is 5.95 Å². The first-order valence-electron chi connectivity index (χ1n) is 9.71. The first kappa shape index (κ1) is 22.0. The van der Waals surface area contributed by atoms with Crippen LogP contribution in [0.15, 0.2) is 59.9 Å². The number of nitrogens with one attached hydrogen (secondary N) is 1. The summed E-state index contributed by atoms with van der Waals surface area (Å²) in [6.45, 7) is 6.12. The molecule has 0 aliphatic heterocycles. The predicted octanol–water partition coefficient (Wildman–Crippen LogP) is 4.82. The maximum atomic E-state index is 15.6. The Morgan fingerprint density at radius 3 is 2.59 bits per heavy atom. The van der Waals surface area contributed by atoms with Crippen molar-refractivity contribution in [1.82, 2.24) is 19.9 Å². The number of rotatable bonds is 5. The van der Waals surface area contributed by atoms with E-state index in [1.807, 2.05) is 20.8 Å². The maximum absolute atomic E-state index is 15.6. The van der Waals surface area contributed by atoms with Gasteiger partial charge in [-0.05, 0) is 30.3 Å². The van der Waals surface area contributed by atoms with Gasteiger partial charge < -0.3 is 5.73 Å². The van der Waals surface area contributed by atoms with Crippen molar-refractivity contribution in [1.29, 1.82) is 0 Å². The van der Waals surface area contributed by atoms with Crippen molar-refractivity contribution in [2.75, 3.05) is 10.5 Å². The molecule has 164 valence electrons. The molecule has 0 bridgehead atoms. The van der Waals surface area contributed by atoms with Crippen molar-refractivity contribution in [3.8, 4) is 21.8 Å². The number of halogens is 1. The summed E-state index contributed by atoms with van der Waals surface area (Å²) in [5.74, 6) is -0.430. The van der Waals surface area contributed by atoms with Gasteiger partial charge in [0.1, 0.15) is 0 Å². The van der Waals surface area contributed by atoms with Gasteiger partial charge in [-0.3, -0.25) is 9.71 Å². The van der Waals surface area contributed by atoms with Gasteiger partial charge in [-0.2, -0.15) is 0 Å². The molecule has 0 saturated heterocycles. The molecule has 1 aromatic carbocycles. The van der Waals surface area contributed by atoms with Crippen LogP contribution < -0.4 is 10.5 Å². The lowest BCUT2D eigenvalue weighted by Crippen LogP contribution is -2.10. The lowest BCUT2D eigenvalue weighted by atomic mass is 9.98. The third kappa shape index (κ3) is 4.51. The lowest BCUT2D eigenvalue weighted by molar-refractivity contribution is 0.585. The average Bonchev–Trinajstić information content (AvgIpc) is 3.22. The summed E-state index contributed by atoms with van der Waals surface area (Å²) in [4.78, 5) is 18.1. The first-order chi connectivity index (χ1) is 15.2. The Hall–Kier alpha value is -3.24. The summed E-state index contributed by atoms with van der Waals surface area (Å²) in [6, 6.07) is 9.92. The van der Waals surface area contributed by atoms with Crippen LogP contribution in [0.25, 0.3) is 21.8 Å². The van der Waals surface area contributed by atoms with Crippen LogP contribution in [0.2, 0.25) is 0 Å². The van der Waals surface area contributed by atoms with Gasteiger partial charge in [0.05, 0.1) is 31.9 Å². The zero-order valence-corrected chi connectivity index (χ0v) is 19.3. The Balaban J connectivity index is 1.81. The molecule has 4 rings (SSSR count). The van der Waals surface area contributed by atoms with Crippen molar-refractivity contribution in [2.45, 2.75) is 31.1 Å². The van der Waals surface area contributed by atoms with Crippen molar-refractivity contribution in [2.24, 2.45) is 0 Å². The fourth-order valence-corrected chi connectivity index (χ4v) is 4.85. The summed E-state index contributed by atoms with van der Waals surface area (Å²) in [7, 11) is -1.67. The number of benzene rings is 1. The molecule has 1 atom stereocenters. The highest BCUT2D eigenvalue weighted by Gasteiger charge is 2.26. The van der Waals surface area contributed by atoms with Crippen molar-refractivity contribution < 1.29 is 8.60 Å². The van der Waals surface area contributed by atoms with Gasteiger partial charge in [-0.25, -0.2) is 23.6 Å². The maximum Gasteiger partial charge on any atom is 0.220 e. The van der Waals surface area contributed by atoms with Gasteiger partial charge in [-0.1, -0.05) is 26.8 Å². The van der Waals surface area contributed by atoms with E-state index in [2.05, 4.69) is 19.7 Å². The zero-order chi connectivity index (χ0) is 22.9. The first-order valence-corrected chi connectivity index (χ1v) is 11.7. The van der Waals surface area contributed by atoms with E-state index < -0.39 is 16.8 Å². The van der Waals surface area contributed by atoms with E-state index in [-0.39, 0.29) is 22.6 Å². The van der Waals surface area contributed by atoms with E-state index in [1.54, 1.807) is 42.7 Å². The highest BCUT2D eigenvalue weighted by atomic mass is 32.2. The molecule has 3 aromatic heterocycles. The van der Waals surface area contributed by atoms with Crippen LogP contribution in [0.1, 0.15) is 25.8 Å². The molecular formula is C22H21FN6OS2. The molecule has 10 heteroatoms. The fraction of sp³-hybridized carbons (Fsp3) is 0.182. The van der Waals surface area contributed by atoms with E-state index in [0.717, 1.165) is 5.01 Å². The minimum atomic E-state index is -1.67. The van der Waals surface area contributed by atoms with Crippen molar-refractivity contribution >= 4 is 34.0 Å². The largest absolute Gasteiger partial charge is 0.368 e. The average molecular weight is 469 g/mol. The molecule has 4 aromatic rings. The molecule has 0 radical (unpaired) electrons. The molecule has 0 amide bonds. The number of thiazole rings is 1. The van der Waals surface area contributed by atoms with Crippen LogP contribution >= 0.6 is 11.3 Å². The highest BCUT2D eigenvalue weighted by Crippen LogP contribution is 2.41. The summed E-state index contributed by atoms with van der Waals surface area (Å²) >= 11 is 1.44. The van der Waals surface area contributed by atoms with E-state index in [4.69, 9.17) is 10.7 Å². The van der Waals surface area contributed by atoms with Crippen LogP contribution in [0.3, 0.4) is 0 Å². The quantitative estimate of drug-likeness (QED) is 0.435. The number of anilines is 2. The highest BCUT2D eigenvalue weighted by molar-refractivity contribution is 7.86. The summed E-state index contributed by atoms with van der Waals surface area (Å²) in [5.41, 5.74) is 6.93. The fourth-order valence-electron chi connectivity index (χ4n) is 2.91. The molecule has 0 aliphatic carbocycles. The standard InChI is InChI=1S/C22H21FN6OS2/c1-22(2,3)20-28-18(19(31-20)16-9-11-26-21(24)27-16)14-7-4-8-15(17(14)23)29-32(30)13-6-5-10-25-12-13/h4-12,29H,1-3H3,(H2,24,26,27). The molecule has 0 fully saturated rings. The van der Waals surface area contributed by atoms with Crippen LogP contribution in [0.4, 0.5) is 16.0 Å². The van der Waals surface area contributed by atoms with Crippen molar-refractivity contribution in [3.63, 3.8) is 0 Å². The Kier molecular flexibility index (Phi) is 5.98. The third-order valence-electron chi connectivity index (χ3n) is 4.48. The topological polar surface area (TPSA) is 107 Å². The SMILES string of the molecule is CC(C)(C)c1nc(-c2cccc(NS(=O)c3cccnc3)c2F)c(-c2ccnc(N)n2)s1. The van der Waals surface area contributed by atoms with E-state index >= 15 is 4.39 Å². The summed E-state index contributed by atoms with van der Waals surface area (Å²) in [6.07, 6.45) is 4.61. The van der Waals surface area contributed by atoms with E-state index in [1.165, 1.54) is 23.6 Å². The Morgan fingerprint density at radius 2 is 1.91 bits per heavy atom. The molecule has 0 spiro atoms. The number of pyridine rings is 1. The Morgan fingerprint density at radius 1 is 1.09 bits per heavy atom. The zero-order valence-electron chi connectivity index (χ0n) is 17.7. The number of hydrogen-bond donors (Lipinski definition) is 2. The van der Waals surface area contributed by atoms with Gasteiger partial charge in [0, 0.05) is 29.6 Å². The van der Waals surface area contributed by atoms with Gasteiger partial charge in [-0.15, -0.1) is 11.3 Å². The molecule has 0 aliphatic rings. The number of nitrogens with two attached hydrogens (primary N) is 1. The Labute approximate surface area is 191 Å². The lowest BCUT2D eigenvalue weighted by Gasteiger charge is -2.13. The molecule has 3 N–H and O–H groups in total. The molecule has 1 unspecified atom stereocenters. The van der Waals surface area contributed by atoms with Gasteiger partial charge >= 0.3 is 0 Å². The minimum absolute atomic E-state index is 0.100. The summed E-state index contributed by atoms with van der Waals surface area (Å²) < 4.78 is 31.0. The number of nitrogen functional groups attached to an aromatic ring is 1. The number of aromatic nitrogens is 4. The van der Waals surface area contributed by atoms with E-state index in [9.17, 15) is 4.21 Å². The normalized spacial score (nSPS) is 12.5. The minimum Gasteiger partial charge on any atom is -0.368 e. The second-order valence-corrected chi connectivity index (χ2v) is 10.2. The van der Waals surface area contributed by atoms with Crippen LogP contribution in [-0.4, -0.2) is 24.1 Å². The van der Waals surface area contributed by atoms with E-state index in [0.29, 0.717) is 21.2 Å². The van der Waals surface area contributed by atoms with Crippen LogP contribution in [0, 0.1) is 5.82 Å². The van der Waals surface area contributed by atoms with Crippen molar-refractivity contribution in [3.05, 3.63) is 65.8 Å². The van der Waals surface area contributed by atoms with Crippen LogP contribution in [0.5, 0.6) is 0 Å². The number of hydrogen-bond acceptors (Lipinski definition) is 7. The Bertz CT molecular complexity index is 1290. The predicted molar refractivity (Wildman–Crippen MR) is 126 cm³/mol. The van der Waals surface area contributed by atoms with Gasteiger partial charge in [0.25, 0.3) is 0 Å². The smallest absolute Gasteiger partial charge is 0.220 e. The second-order valence-electron chi connectivity index (χ2n) is 7.97.